The van der Waals surface area contributed by atoms with Crippen LogP contribution in [0.5, 0.6) is 5.88 Å². The number of piperidine rings is 1. The van der Waals surface area contributed by atoms with Crippen molar-refractivity contribution in [3.8, 4) is 5.88 Å². The molecule has 1 N–H and O–H groups in total. The fourth-order valence-electron chi connectivity index (χ4n) is 4.78. The van der Waals surface area contributed by atoms with Gasteiger partial charge in [-0.1, -0.05) is 29.8 Å². The Bertz CT molecular complexity index is 1230. The van der Waals surface area contributed by atoms with Crippen LogP contribution >= 0.6 is 11.6 Å². The second-order valence-electron chi connectivity index (χ2n) is 9.43. The first-order valence-electron chi connectivity index (χ1n) is 12.7. The molecule has 2 aromatic carbocycles. The van der Waals surface area contributed by atoms with E-state index in [9.17, 15) is 14.3 Å². The molecule has 1 aliphatic heterocycles. The number of pyridine rings is 1. The summed E-state index contributed by atoms with van der Waals surface area (Å²) in [5, 5.41) is 9.73. The number of carboxylic acids is 1. The van der Waals surface area contributed by atoms with Crippen molar-refractivity contribution in [2.75, 3.05) is 37.6 Å². The summed E-state index contributed by atoms with van der Waals surface area (Å²) in [6.07, 6.45) is 2.00. The van der Waals surface area contributed by atoms with Crippen LogP contribution in [0, 0.1) is 12.7 Å². The highest BCUT2D eigenvalue weighted by Gasteiger charge is 2.22. The van der Waals surface area contributed by atoms with E-state index in [-0.39, 0.29) is 12.4 Å². The molecule has 0 aliphatic carbocycles. The van der Waals surface area contributed by atoms with Crippen LogP contribution < -0.4 is 9.64 Å². The Morgan fingerprint density at radius 1 is 1.19 bits per heavy atom. The quantitative estimate of drug-likeness (QED) is 0.341. The van der Waals surface area contributed by atoms with Crippen molar-refractivity contribution in [3.63, 3.8) is 0 Å². The highest BCUT2D eigenvalue weighted by Crippen LogP contribution is 2.29. The maximum Gasteiger partial charge on any atom is 0.335 e. The van der Waals surface area contributed by atoms with E-state index < -0.39 is 5.97 Å². The van der Waals surface area contributed by atoms with Gasteiger partial charge in [0.05, 0.1) is 5.56 Å². The molecule has 196 valence electrons. The smallest absolute Gasteiger partial charge is 0.335 e. The lowest BCUT2D eigenvalue weighted by molar-refractivity contribution is 0.0697. The predicted octanol–water partition coefficient (Wildman–Crippen LogP) is 6.17. The molecule has 3 aromatic rings. The van der Waals surface area contributed by atoms with E-state index >= 15 is 0 Å². The van der Waals surface area contributed by atoms with Gasteiger partial charge < -0.3 is 19.6 Å². The van der Waals surface area contributed by atoms with Crippen LogP contribution in [-0.4, -0.2) is 53.7 Å². The number of likely N-dealkylation sites (tertiary alicyclic amines) is 1. The topological polar surface area (TPSA) is 65.9 Å². The molecule has 0 amide bonds. The molecule has 1 fully saturated rings. The fourth-order valence-corrected chi connectivity index (χ4v) is 4.93. The van der Waals surface area contributed by atoms with Crippen molar-refractivity contribution in [1.82, 2.24) is 9.88 Å². The number of nitrogens with zero attached hydrogens (tertiary/aromatic N) is 3. The van der Waals surface area contributed by atoms with E-state index in [1.807, 2.05) is 25.1 Å². The third kappa shape index (κ3) is 6.99. The zero-order valence-electron chi connectivity index (χ0n) is 21.3. The number of benzene rings is 2. The largest absolute Gasteiger partial charge is 0.478 e. The molecule has 0 atom stereocenters. The van der Waals surface area contributed by atoms with Gasteiger partial charge in [0.25, 0.3) is 0 Å². The number of carbonyl (C=O) groups is 1. The summed E-state index contributed by atoms with van der Waals surface area (Å²) in [4.78, 5) is 20.8. The van der Waals surface area contributed by atoms with Crippen LogP contribution in [0.1, 0.15) is 52.9 Å². The van der Waals surface area contributed by atoms with E-state index in [4.69, 9.17) is 21.3 Å². The third-order valence-corrected chi connectivity index (χ3v) is 7.24. The Labute approximate surface area is 222 Å². The summed E-state index contributed by atoms with van der Waals surface area (Å²) in [5.74, 6) is -0.447. The van der Waals surface area contributed by atoms with Crippen molar-refractivity contribution in [2.24, 2.45) is 0 Å². The van der Waals surface area contributed by atoms with Crippen LogP contribution in [0.3, 0.4) is 0 Å². The van der Waals surface area contributed by atoms with Gasteiger partial charge in [0.1, 0.15) is 12.4 Å². The fraction of sp³-hybridized carbons (Fsp3) is 0.379. The minimum atomic E-state index is -0.903. The average Bonchev–Trinajstić information content (AvgIpc) is 2.90. The molecule has 1 saturated heterocycles. The molecule has 4 rings (SSSR count). The first-order chi connectivity index (χ1) is 17.8. The Morgan fingerprint density at radius 3 is 2.68 bits per heavy atom. The number of hydrogen-bond acceptors (Lipinski definition) is 5. The minimum absolute atomic E-state index is 0.0979. The van der Waals surface area contributed by atoms with E-state index in [2.05, 4.69) is 16.7 Å². The predicted molar refractivity (Wildman–Crippen MR) is 144 cm³/mol. The number of aromatic nitrogens is 1. The van der Waals surface area contributed by atoms with Gasteiger partial charge in [0, 0.05) is 53.6 Å². The highest BCUT2D eigenvalue weighted by molar-refractivity contribution is 6.30. The number of hydrogen-bond donors (Lipinski definition) is 1. The van der Waals surface area contributed by atoms with Gasteiger partial charge in [-0.15, -0.1) is 0 Å². The number of ether oxygens (including phenoxy) is 1. The van der Waals surface area contributed by atoms with Crippen molar-refractivity contribution < 1.29 is 19.0 Å². The van der Waals surface area contributed by atoms with Gasteiger partial charge in [-0.25, -0.2) is 14.2 Å². The molecule has 0 bridgehead atoms. The second kappa shape index (κ2) is 12.4. The number of aryl methyl sites for hydroxylation is 1. The molecule has 2 heterocycles. The highest BCUT2D eigenvalue weighted by atomic mass is 35.5. The third-order valence-electron chi connectivity index (χ3n) is 7.01. The second-order valence-corrected chi connectivity index (χ2v) is 9.86. The molecular weight excluding hydrogens is 493 g/mol. The van der Waals surface area contributed by atoms with Crippen LogP contribution in [0.4, 0.5) is 10.1 Å². The number of aromatic carboxylic acids is 1. The van der Waals surface area contributed by atoms with E-state index in [0.29, 0.717) is 27.9 Å². The number of anilines is 1. The van der Waals surface area contributed by atoms with Crippen LogP contribution in [-0.2, 0) is 6.61 Å². The van der Waals surface area contributed by atoms with Gasteiger partial charge >= 0.3 is 5.97 Å². The molecule has 6 nitrogen and oxygen atoms in total. The monoisotopic (exact) mass is 525 g/mol. The summed E-state index contributed by atoms with van der Waals surface area (Å²) < 4.78 is 19.8. The number of likely N-dealkylation sites (N-methyl/N-ethyl adjacent to an activating group) is 1. The van der Waals surface area contributed by atoms with Gasteiger partial charge in [-0.2, -0.15) is 0 Å². The SMILES string of the molecule is CCN(CCN1CCC(c2cccc(OCc3ccc(Cl)cc3F)n2)CC1)c1cc(C(=O)O)ccc1C. The molecule has 0 saturated carbocycles. The average molecular weight is 526 g/mol. The first-order valence-corrected chi connectivity index (χ1v) is 13.1. The van der Waals surface area contributed by atoms with Gasteiger partial charge in [-0.05, 0) is 75.7 Å². The molecule has 0 radical (unpaired) electrons. The van der Waals surface area contributed by atoms with E-state index in [0.717, 1.165) is 62.5 Å². The Hall–Kier alpha value is -3.16. The van der Waals surface area contributed by atoms with E-state index in [1.54, 1.807) is 30.3 Å². The Morgan fingerprint density at radius 2 is 1.97 bits per heavy atom. The molecule has 1 aromatic heterocycles. The van der Waals surface area contributed by atoms with Crippen molar-refractivity contribution in [1.29, 1.82) is 0 Å². The summed E-state index contributed by atoms with van der Waals surface area (Å²) in [6.45, 7) is 8.73. The van der Waals surface area contributed by atoms with Crippen molar-refractivity contribution in [3.05, 3.63) is 87.8 Å². The molecule has 0 unspecified atom stereocenters. The lowest BCUT2D eigenvalue weighted by Gasteiger charge is -2.34. The minimum Gasteiger partial charge on any atom is -0.478 e. The van der Waals surface area contributed by atoms with Gasteiger partial charge in [0.2, 0.25) is 5.88 Å². The summed E-state index contributed by atoms with van der Waals surface area (Å²) in [6, 6.07) is 15.6. The van der Waals surface area contributed by atoms with Crippen LogP contribution in [0.25, 0.3) is 0 Å². The normalized spacial score (nSPS) is 14.5. The van der Waals surface area contributed by atoms with Crippen LogP contribution in [0.2, 0.25) is 5.02 Å². The standard InChI is InChI=1S/C29H33ClFN3O3/c1-3-34(27-17-22(29(35)36)8-7-20(27)2)16-15-33-13-11-21(12-14-33)26-5-4-6-28(32-26)37-19-23-9-10-24(30)18-25(23)31/h4-10,17-18,21H,3,11-16,19H2,1-2H3,(H,35,36). The lowest BCUT2D eigenvalue weighted by Crippen LogP contribution is -2.39. The van der Waals surface area contributed by atoms with Crippen molar-refractivity contribution >= 4 is 23.3 Å². The lowest BCUT2D eigenvalue weighted by atomic mass is 9.93. The zero-order valence-corrected chi connectivity index (χ0v) is 22.0. The Kier molecular flexibility index (Phi) is 9.00. The van der Waals surface area contributed by atoms with Gasteiger partial charge in [0.15, 0.2) is 0 Å². The number of rotatable bonds is 10. The number of carboxylic acid groups (broad SMARTS) is 1. The zero-order chi connectivity index (χ0) is 26.4. The van der Waals surface area contributed by atoms with E-state index in [1.165, 1.54) is 6.07 Å². The maximum atomic E-state index is 14.0. The van der Waals surface area contributed by atoms with Gasteiger partial charge in [-0.3, -0.25) is 0 Å². The van der Waals surface area contributed by atoms with Crippen molar-refractivity contribution in [2.45, 2.75) is 39.2 Å². The summed E-state index contributed by atoms with van der Waals surface area (Å²) in [5.41, 5.74) is 3.83. The Balaban J connectivity index is 1.29. The van der Waals surface area contributed by atoms with Crippen LogP contribution in [0.15, 0.2) is 54.6 Å². The molecular formula is C29H33ClFN3O3. The molecule has 37 heavy (non-hydrogen) atoms. The first kappa shape index (κ1) is 26.9. The number of halogens is 2. The maximum absolute atomic E-state index is 14.0. The summed E-state index contributed by atoms with van der Waals surface area (Å²) >= 11 is 5.83. The molecule has 1 aliphatic rings. The summed E-state index contributed by atoms with van der Waals surface area (Å²) in [7, 11) is 0. The molecule has 0 spiro atoms. The molecule has 8 heteroatoms.